The van der Waals surface area contributed by atoms with Gasteiger partial charge in [0.2, 0.25) is 5.91 Å². The molecule has 0 spiro atoms. The average Bonchev–Trinajstić information content (AvgIpc) is 2.86. The number of aromatic amines is 1. The molecule has 1 amide bonds. The van der Waals surface area contributed by atoms with E-state index in [0.29, 0.717) is 11.7 Å². The maximum atomic E-state index is 12.7. The summed E-state index contributed by atoms with van der Waals surface area (Å²) in [5.41, 5.74) is 1.66. The number of carbonyl (C=O) groups excluding carboxylic acids is 1. The van der Waals surface area contributed by atoms with Crippen molar-refractivity contribution in [3.8, 4) is 0 Å². The summed E-state index contributed by atoms with van der Waals surface area (Å²) in [6.45, 7) is 14.2. The monoisotopic (exact) mass is 331 g/mol. The zero-order chi connectivity index (χ0) is 17.1. The molecule has 4 fully saturated rings. The first-order valence-electron chi connectivity index (χ1n) is 9.13. The van der Waals surface area contributed by atoms with Gasteiger partial charge in [-0.3, -0.25) is 19.7 Å². The first kappa shape index (κ1) is 16.1. The number of carbonyl (C=O) groups is 1. The zero-order valence-corrected chi connectivity index (χ0v) is 15.2. The van der Waals surface area contributed by atoms with E-state index in [1.54, 1.807) is 0 Å². The van der Waals surface area contributed by atoms with E-state index < -0.39 is 0 Å². The predicted octanol–water partition coefficient (Wildman–Crippen LogP) is 1.89. The molecule has 0 radical (unpaired) electrons. The minimum Gasteiger partial charge on any atom is -0.308 e. The fourth-order valence-electron chi connectivity index (χ4n) is 4.83. The molecule has 1 saturated carbocycles. The lowest BCUT2D eigenvalue weighted by Crippen LogP contribution is -2.55. The number of nitrogens with zero attached hydrogens (tertiary/aromatic N) is 3. The molecule has 0 aromatic carbocycles. The summed E-state index contributed by atoms with van der Waals surface area (Å²) in [4.78, 5) is 17.4. The van der Waals surface area contributed by atoms with Gasteiger partial charge in [0.25, 0.3) is 0 Å². The lowest BCUT2D eigenvalue weighted by molar-refractivity contribution is -0.122. The van der Waals surface area contributed by atoms with Crippen LogP contribution in [0.25, 0.3) is 0 Å². The lowest BCUT2D eigenvalue weighted by Gasteiger charge is -2.36. The van der Waals surface area contributed by atoms with Crippen molar-refractivity contribution in [3.05, 3.63) is 11.8 Å². The number of hydrogen-bond acceptors (Lipinski definition) is 4. The second kappa shape index (κ2) is 5.30. The van der Waals surface area contributed by atoms with Gasteiger partial charge in [-0.15, -0.1) is 0 Å². The van der Waals surface area contributed by atoms with Crippen molar-refractivity contribution in [1.29, 1.82) is 0 Å². The van der Waals surface area contributed by atoms with Gasteiger partial charge in [-0.1, -0.05) is 27.7 Å². The van der Waals surface area contributed by atoms with Crippen LogP contribution in [0.5, 0.6) is 0 Å². The van der Waals surface area contributed by atoms with Crippen LogP contribution in [0.2, 0.25) is 0 Å². The van der Waals surface area contributed by atoms with Crippen molar-refractivity contribution >= 4 is 11.7 Å². The molecule has 24 heavy (non-hydrogen) atoms. The third-order valence-electron chi connectivity index (χ3n) is 6.98. The number of anilines is 1. The highest BCUT2D eigenvalue weighted by Crippen LogP contribution is 2.73. The summed E-state index contributed by atoms with van der Waals surface area (Å²) in [6, 6.07) is 1.97. The zero-order valence-electron chi connectivity index (χ0n) is 15.2. The molecule has 6 heteroatoms. The Morgan fingerprint density at radius 2 is 1.96 bits per heavy atom. The number of nitrogens with one attached hydrogen (secondary N) is 2. The molecule has 3 unspecified atom stereocenters. The van der Waals surface area contributed by atoms with Crippen LogP contribution in [0.1, 0.15) is 45.7 Å². The number of H-pyrrole nitrogens is 1. The molecule has 4 aliphatic rings. The van der Waals surface area contributed by atoms with E-state index in [4.69, 9.17) is 0 Å². The first-order chi connectivity index (χ1) is 11.3. The van der Waals surface area contributed by atoms with Crippen LogP contribution >= 0.6 is 0 Å². The van der Waals surface area contributed by atoms with Gasteiger partial charge >= 0.3 is 0 Å². The Balaban J connectivity index is 1.44. The van der Waals surface area contributed by atoms with Gasteiger partial charge in [0.1, 0.15) is 6.04 Å². The summed E-state index contributed by atoms with van der Waals surface area (Å²) in [6.07, 6.45) is 1.15. The van der Waals surface area contributed by atoms with Gasteiger partial charge in [0.05, 0.1) is 0 Å². The van der Waals surface area contributed by atoms with Gasteiger partial charge in [0, 0.05) is 43.9 Å². The normalized spacial score (nSPS) is 33.9. The Hall–Kier alpha value is -1.40. The second-order valence-corrected chi connectivity index (χ2v) is 8.78. The number of amides is 1. The Labute approximate surface area is 144 Å². The van der Waals surface area contributed by atoms with Crippen molar-refractivity contribution in [3.63, 3.8) is 0 Å². The van der Waals surface area contributed by atoms with Gasteiger partial charge in [-0.25, -0.2) is 0 Å². The number of piperazine rings is 1. The third-order valence-corrected chi connectivity index (χ3v) is 6.98. The maximum Gasteiger partial charge on any atom is 0.244 e. The van der Waals surface area contributed by atoms with E-state index in [0.717, 1.165) is 44.8 Å². The summed E-state index contributed by atoms with van der Waals surface area (Å²) < 4.78 is 0. The van der Waals surface area contributed by atoms with E-state index in [9.17, 15) is 4.79 Å². The highest BCUT2D eigenvalue weighted by molar-refractivity contribution is 5.94. The first-order valence-corrected chi connectivity index (χ1v) is 9.13. The number of rotatable bonds is 3. The standard InChI is InChI=1S/C18H29N5O/c1-17(2)15(18(17,3)4)12-10-14(21-20-12)19-16(24)13-11-22-6-5-7-23(13)9-8-22/h10,13,15H,5-9,11H2,1-4H3,(H2,19,20,21,24). The van der Waals surface area contributed by atoms with Crippen LogP contribution in [-0.2, 0) is 4.79 Å². The highest BCUT2D eigenvalue weighted by Gasteiger charge is 2.65. The second-order valence-electron chi connectivity index (χ2n) is 8.78. The maximum absolute atomic E-state index is 12.7. The molecular formula is C18H29N5O. The van der Waals surface area contributed by atoms with Gasteiger partial charge < -0.3 is 5.32 Å². The summed E-state index contributed by atoms with van der Waals surface area (Å²) in [5.74, 6) is 1.20. The minimum absolute atomic E-state index is 0.0461. The van der Waals surface area contributed by atoms with Crippen molar-refractivity contribution in [2.75, 3.05) is 38.0 Å². The molecule has 5 rings (SSSR count). The molecule has 3 atom stereocenters. The van der Waals surface area contributed by atoms with Crippen LogP contribution in [0, 0.1) is 10.8 Å². The molecule has 2 N–H and O–H groups in total. The van der Waals surface area contributed by atoms with Crippen molar-refractivity contribution in [1.82, 2.24) is 20.0 Å². The largest absolute Gasteiger partial charge is 0.308 e. The highest BCUT2D eigenvalue weighted by atomic mass is 16.2. The van der Waals surface area contributed by atoms with Crippen LogP contribution < -0.4 is 5.32 Å². The van der Waals surface area contributed by atoms with E-state index >= 15 is 0 Å². The van der Waals surface area contributed by atoms with Crippen LogP contribution in [0.4, 0.5) is 5.82 Å². The van der Waals surface area contributed by atoms with Gasteiger partial charge in [-0.05, 0) is 23.8 Å². The third kappa shape index (κ3) is 2.39. The minimum atomic E-state index is -0.0461. The molecule has 132 valence electrons. The molecule has 3 saturated heterocycles. The van der Waals surface area contributed by atoms with Crippen molar-refractivity contribution in [2.24, 2.45) is 10.8 Å². The molecule has 1 aliphatic carbocycles. The van der Waals surface area contributed by atoms with Gasteiger partial charge in [0.15, 0.2) is 5.82 Å². The number of aromatic nitrogens is 2. The Morgan fingerprint density at radius 3 is 2.67 bits per heavy atom. The SMILES string of the molecule is CC1(C)C(c2cc(NC(=O)C3CN4CCCN3CC4)n[nH]2)C1(C)C. The summed E-state index contributed by atoms with van der Waals surface area (Å²) >= 11 is 0. The van der Waals surface area contributed by atoms with Gasteiger partial charge in [-0.2, -0.15) is 5.10 Å². The topological polar surface area (TPSA) is 64.3 Å². The van der Waals surface area contributed by atoms with Crippen LogP contribution in [0.3, 0.4) is 0 Å². The summed E-state index contributed by atoms with van der Waals surface area (Å²) in [7, 11) is 0. The Kier molecular flexibility index (Phi) is 3.55. The fourth-order valence-corrected chi connectivity index (χ4v) is 4.83. The van der Waals surface area contributed by atoms with Crippen LogP contribution in [0.15, 0.2) is 6.07 Å². The fraction of sp³-hybridized carbons (Fsp3) is 0.778. The molecule has 2 bridgehead atoms. The lowest BCUT2D eigenvalue weighted by atomic mass is 10.0. The van der Waals surface area contributed by atoms with E-state index in [2.05, 4.69) is 53.0 Å². The molecule has 1 aromatic heterocycles. The number of hydrogen-bond donors (Lipinski definition) is 2. The van der Waals surface area contributed by atoms with Crippen LogP contribution in [-0.4, -0.2) is 64.7 Å². The smallest absolute Gasteiger partial charge is 0.244 e. The molecule has 1 aromatic rings. The van der Waals surface area contributed by atoms with E-state index in [-0.39, 0.29) is 22.8 Å². The average molecular weight is 331 g/mol. The molecule has 4 heterocycles. The van der Waals surface area contributed by atoms with E-state index in [1.165, 1.54) is 0 Å². The quantitative estimate of drug-likeness (QED) is 0.888. The Bertz CT molecular complexity index is 632. The van der Waals surface area contributed by atoms with E-state index in [1.807, 2.05) is 6.07 Å². The molecule has 6 nitrogen and oxygen atoms in total. The Morgan fingerprint density at radius 1 is 1.21 bits per heavy atom. The predicted molar refractivity (Wildman–Crippen MR) is 93.9 cm³/mol. The molecule has 3 aliphatic heterocycles. The summed E-state index contributed by atoms with van der Waals surface area (Å²) in [5, 5.41) is 10.5. The number of fused-ring (bicyclic) bond motifs is 4. The molecular weight excluding hydrogens is 302 g/mol. The van der Waals surface area contributed by atoms with Crippen molar-refractivity contribution in [2.45, 2.75) is 46.1 Å². The van der Waals surface area contributed by atoms with Crippen molar-refractivity contribution < 1.29 is 4.79 Å².